The number of hydrogen-bond acceptors (Lipinski definition) is 9. The number of anilines is 1. The van der Waals surface area contributed by atoms with E-state index in [-0.39, 0.29) is 28.4 Å². The summed E-state index contributed by atoms with van der Waals surface area (Å²) in [5.74, 6) is -4.37. The van der Waals surface area contributed by atoms with Crippen molar-refractivity contribution in [2.45, 2.75) is 32.0 Å². The lowest BCUT2D eigenvalue weighted by molar-refractivity contribution is -0.162. The van der Waals surface area contributed by atoms with Crippen molar-refractivity contribution in [2.24, 2.45) is 5.73 Å². The molecule has 0 spiro atoms. The zero-order chi connectivity index (χ0) is 29.1. The highest BCUT2D eigenvalue weighted by Crippen LogP contribution is 2.44. The van der Waals surface area contributed by atoms with Crippen LogP contribution < -0.4 is 10.6 Å². The quantitative estimate of drug-likeness (QED) is 0.426. The molecule has 204 valence electrons. The minimum Gasteiger partial charge on any atom is -0.466 e. The van der Waals surface area contributed by atoms with Crippen molar-refractivity contribution >= 4 is 23.6 Å². The van der Waals surface area contributed by atoms with Crippen molar-refractivity contribution in [1.82, 2.24) is 0 Å². The van der Waals surface area contributed by atoms with Gasteiger partial charge >= 0.3 is 24.1 Å². The molecule has 1 heterocycles. The molecule has 0 aromatic heterocycles. The van der Waals surface area contributed by atoms with E-state index in [1.165, 1.54) is 44.2 Å². The number of nitriles is 1. The van der Waals surface area contributed by atoms with Gasteiger partial charge in [0.05, 0.1) is 48.5 Å². The fourth-order valence-corrected chi connectivity index (χ4v) is 4.20. The standard InChI is InChI=1S/C27H24F3N3O6/c1-14-20(26(36)39-15(2)24(34)37-3)21(17-10-8-16(13-31)9-11-17)22(25(35)38-4)23(32)33(14)19-7-5-6-18(12-19)27(28,29)30/h5-12,15,21H,32H2,1-4H3/t15-,21?/m0/s1. The van der Waals surface area contributed by atoms with Crippen molar-refractivity contribution in [3.63, 3.8) is 0 Å². The number of carbonyl (C=O) groups is 3. The van der Waals surface area contributed by atoms with Gasteiger partial charge in [-0.05, 0) is 49.7 Å². The average molecular weight is 543 g/mol. The number of carbonyl (C=O) groups excluding carboxylic acids is 3. The number of alkyl halides is 3. The number of esters is 3. The summed E-state index contributed by atoms with van der Waals surface area (Å²) >= 11 is 0. The summed E-state index contributed by atoms with van der Waals surface area (Å²) in [6.07, 6.45) is -6.04. The fraction of sp³-hybridized carbons (Fsp3) is 0.259. The lowest BCUT2D eigenvalue weighted by Crippen LogP contribution is -2.40. The maximum Gasteiger partial charge on any atom is 0.416 e. The first-order chi connectivity index (χ1) is 18.3. The van der Waals surface area contributed by atoms with Crippen molar-refractivity contribution in [2.75, 3.05) is 19.1 Å². The van der Waals surface area contributed by atoms with Gasteiger partial charge in [0.25, 0.3) is 0 Å². The van der Waals surface area contributed by atoms with Gasteiger partial charge in [0, 0.05) is 11.4 Å². The molecule has 2 N–H and O–H groups in total. The predicted octanol–water partition coefficient (Wildman–Crippen LogP) is 3.90. The Morgan fingerprint density at radius 2 is 1.67 bits per heavy atom. The SMILES string of the molecule is COC(=O)C1=C(N)N(c2cccc(C(F)(F)F)c2)C(C)=C(C(=O)O[C@@H](C)C(=O)OC)C1c1ccc(C#N)cc1. The topological polar surface area (TPSA) is 132 Å². The van der Waals surface area contributed by atoms with Crippen LogP contribution in [0.3, 0.4) is 0 Å². The summed E-state index contributed by atoms with van der Waals surface area (Å²) in [7, 11) is 2.18. The highest BCUT2D eigenvalue weighted by atomic mass is 19.4. The third kappa shape index (κ3) is 5.72. The van der Waals surface area contributed by atoms with Crippen molar-refractivity contribution in [3.05, 3.63) is 87.9 Å². The van der Waals surface area contributed by atoms with E-state index < -0.39 is 41.7 Å². The van der Waals surface area contributed by atoms with Crippen LogP contribution in [0.5, 0.6) is 0 Å². The van der Waals surface area contributed by atoms with Crippen LogP contribution in [0.25, 0.3) is 0 Å². The van der Waals surface area contributed by atoms with Crippen LogP contribution in [0.2, 0.25) is 0 Å². The van der Waals surface area contributed by atoms with Crippen LogP contribution in [-0.2, 0) is 34.8 Å². The van der Waals surface area contributed by atoms with Gasteiger partial charge in [-0.1, -0.05) is 18.2 Å². The Morgan fingerprint density at radius 3 is 2.21 bits per heavy atom. The number of hydrogen-bond donors (Lipinski definition) is 1. The molecule has 12 heteroatoms. The van der Waals surface area contributed by atoms with Crippen molar-refractivity contribution < 1.29 is 41.8 Å². The number of ether oxygens (including phenoxy) is 3. The minimum absolute atomic E-state index is 0.0379. The number of halogens is 3. The van der Waals surface area contributed by atoms with Crippen molar-refractivity contribution in [3.8, 4) is 6.07 Å². The molecular weight excluding hydrogens is 519 g/mol. The Labute approximate surface area is 221 Å². The van der Waals surface area contributed by atoms with Gasteiger partial charge in [0.2, 0.25) is 0 Å². The normalized spacial score (nSPS) is 16.4. The third-order valence-electron chi connectivity index (χ3n) is 6.07. The van der Waals surface area contributed by atoms with Crippen LogP contribution in [0.1, 0.15) is 36.5 Å². The number of nitrogens with two attached hydrogens (primary N) is 1. The van der Waals surface area contributed by atoms with E-state index in [9.17, 15) is 32.8 Å². The van der Waals surface area contributed by atoms with Crippen LogP contribution in [0.4, 0.5) is 18.9 Å². The fourth-order valence-electron chi connectivity index (χ4n) is 4.20. The molecule has 0 radical (unpaired) electrons. The zero-order valence-electron chi connectivity index (χ0n) is 21.3. The lowest BCUT2D eigenvalue weighted by Gasteiger charge is -2.37. The van der Waals surface area contributed by atoms with Crippen LogP contribution in [-0.4, -0.2) is 38.2 Å². The summed E-state index contributed by atoms with van der Waals surface area (Å²) in [4.78, 5) is 39.7. The average Bonchev–Trinajstić information content (AvgIpc) is 2.91. The molecule has 2 atom stereocenters. The third-order valence-corrected chi connectivity index (χ3v) is 6.07. The smallest absolute Gasteiger partial charge is 0.416 e. The first kappa shape index (κ1) is 28.8. The number of methoxy groups -OCH3 is 2. The maximum absolute atomic E-state index is 13.5. The van der Waals surface area contributed by atoms with Gasteiger partial charge in [-0.25, -0.2) is 14.4 Å². The molecule has 0 saturated carbocycles. The Balaban J connectivity index is 2.33. The Hall–Kier alpha value is -4.79. The van der Waals surface area contributed by atoms with Crippen LogP contribution >= 0.6 is 0 Å². The van der Waals surface area contributed by atoms with Gasteiger partial charge < -0.3 is 24.8 Å². The Bertz CT molecular complexity index is 1410. The molecule has 39 heavy (non-hydrogen) atoms. The lowest BCUT2D eigenvalue weighted by atomic mass is 9.80. The molecule has 0 aliphatic carbocycles. The summed E-state index contributed by atoms with van der Waals surface area (Å²) in [5, 5.41) is 9.19. The van der Waals surface area contributed by atoms with E-state index in [0.717, 1.165) is 37.3 Å². The van der Waals surface area contributed by atoms with E-state index in [2.05, 4.69) is 4.74 Å². The second-order valence-corrected chi connectivity index (χ2v) is 8.41. The van der Waals surface area contributed by atoms with E-state index in [4.69, 9.17) is 15.2 Å². The zero-order valence-corrected chi connectivity index (χ0v) is 21.3. The molecule has 2 aromatic rings. The summed E-state index contributed by atoms with van der Waals surface area (Å²) in [6, 6.07) is 12.0. The highest BCUT2D eigenvalue weighted by Gasteiger charge is 2.43. The summed E-state index contributed by atoms with van der Waals surface area (Å²) < 4.78 is 55.4. The number of allylic oxidation sites excluding steroid dienone is 1. The van der Waals surface area contributed by atoms with E-state index in [1.54, 1.807) is 0 Å². The van der Waals surface area contributed by atoms with Gasteiger partial charge in [-0.2, -0.15) is 18.4 Å². The molecule has 3 rings (SSSR count). The van der Waals surface area contributed by atoms with Gasteiger partial charge in [-0.15, -0.1) is 0 Å². The Morgan fingerprint density at radius 1 is 1.03 bits per heavy atom. The van der Waals surface area contributed by atoms with Crippen LogP contribution in [0.15, 0.2) is 71.2 Å². The first-order valence-corrected chi connectivity index (χ1v) is 11.4. The van der Waals surface area contributed by atoms with Crippen LogP contribution in [0, 0.1) is 11.3 Å². The van der Waals surface area contributed by atoms with E-state index in [0.29, 0.717) is 11.1 Å². The molecule has 2 aromatic carbocycles. The first-order valence-electron chi connectivity index (χ1n) is 11.4. The van der Waals surface area contributed by atoms with E-state index >= 15 is 0 Å². The monoisotopic (exact) mass is 543 g/mol. The minimum atomic E-state index is -4.68. The molecule has 9 nitrogen and oxygen atoms in total. The molecule has 1 aliphatic heterocycles. The second-order valence-electron chi connectivity index (χ2n) is 8.41. The predicted molar refractivity (Wildman–Crippen MR) is 131 cm³/mol. The molecular formula is C27H24F3N3O6. The number of nitrogens with zero attached hydrogens (tertiary/aromatic N) is 2. The molecule has 0 amide bonds. The largest absolute Gasteiger partial charge is 0.466 e. The molecule has 0 bridgehead atoms. The molecule has 0 saturated heterocycles. The van der Waals surface area contributed by atoms with E-state index in [1.807, 2.05) is 6.07 Å². The molecule has 0 fully saturated rings. The molecule has 1 aliphatic rings. The van der Waals surface area contributed by atoms with Gasteiger partial charge in [0.1, 0.15) is 5.82 Å². The molecule has 1 unspecified atom stereocenters. The summed E-state index contributed by atoms with van der Waals surface area (Å²) in [5.41, 5.74) is 5.54. The van der Waals surface area contributed by atoms with Gasteiger partial charge in [-0.3, -0.25) is 0 Å². The van der Waals surface area contributed by atoms with Crippen molar-refractivity contribution in [1.29, 1.82) is 5.26 Å². The number of benzene rings is 2. The summed E-state index contributed by atoms with van der Waals surface area (Å²) in [6.45, 7) is 2.69. The maximum atomic E-state index is 13.5. The van der Waals surface area contributed by atoms with Gasteiger partial charge in [0.15, 0.2) is 6.10 Å². The second kappa shape index (κ2) is 11.3. The number of rotatable bonds is 6. The highest BCUT2D eigenvalue weighted by molar-refractivity contribution is 6.02. The Kier molecular flexibility index (Phi) is 8.34.